The van der Waals surface area contributed by atoms with Crippen molar-refractivity contribution in [3.63, 3.8) is 0 Å². The second kappa shape index (κ2) is 5.93. The fraction of sp³-hybridized carbons (Fsp3) is 0.833. The van der Waals surface area contributed by atoms with Crippen LogP contribution in [0.25, 0.3) is 0 Å². The summed E-state index contributed by atoms with van der Waals surface area (Å²) in [6.07, 6.45) is 0.674. The van der Waals surface area contributed by atoms with E-state index in [1.165, 1.54) is 4.90 Å². The second-order valence-corrected chi connectivity index (χ2v) is 7.54. The molecule has 0 aliphatic carbocycles. The first kappa shape index (κ1) is 15.3. The van der Waals surface area contributed by atoms with Gasteiger partial charge in [0, 0.05) is 19.0 Å². The molecule has 0 aromatic heterocycles. The van der Waals surface area contributed by atoms with Crippen LogP contribution in [0.2, 0.25) is 0 Å². The van der Waals surface area contributed by atoms with Crippen molar-refractivity contribution in [3.8, 4) is 0 Å². The third-order valence-corrected chi connectivity index (χ3v) is 4.61. The van der Waals surface area contributed by atoms with Crippen LogP contribution in [0.1, 0.15) is 40.5 Å². The Balaban J connectivity index is 2.57. The number of carboxylic acid groups (broad SMARTS) is 1. The van der Waals surface area contributed by atoms with Gasteiger partial charge in [-0.05, 0) is 40.5 Å². The number of nitrogens with zero attached hydrogens (tertiary/aromatic N) is 2. The van der Waals surface area contributed by atoms with Crippen molar-refractivity contribution in [2.75, 3.05) is 13.1 Å². The molecular formula is C12H22N2O3S. The number of piperidine rings is 1. The Morgan fingerprint density at radius 3 is 2.28 bits per heavy atom. The predicted molar refractivity (Wildman–Crippen MR) is 73.3 cm³/mol. The van der Waals surface area contributed by atoms with Gasteiger partial charge in [0.1, 0.15) is 16.1 Å². The molecule has 0 bridgehead atoms. The zero-order valence-corrected chi connectivity index (χ0v) is 12.3. The average Bonchev–Trinajstić information content (AvgIpc) is 2.27. The van der Waals surface area contributed by atoms with E-state index in [1.54, 1.807) is 0 Å². The highest BCUT2D eigenvalue weighted by atomic mass is 32.2. The van der Waals surface area contributed by atoms with Crippen molar-refractivity contribution in [2.24, 2.45) is 10.3 Å². The first-order valence-corrected chi connectivity index (χ1v) is 7.27. The number of amides is 1. The Bertz CT molecular complexity index is 331. The monoisotopic (exact) mass is 274 g/mol. The van der Waals surface area contributed by atoms with E-state index < -0.39 is 17.5 Å². The van der Waals surface area contributed by atoms with Crippen LogP contribution < -0.4 is 0 Å². The van der Waals surface area contributed by atoms with Crippen LogP contribution in [0.3, 0.4) is 0 Å². The van der Waals surface area contributed by atoms with Crippen LogP contribution in [0.4, 0.5) is 4.79 Å². The summed E-state index contributed by atoms with van der Waals surface area (Å²) in [5.41, 5.74) is 0.883. The number of hydrogen-bond acceptors (Lipinski definition) is 3. The van der Waals surface area contributed by atoms with Crippen LogP contribution in [0, 0.1) is 5.92 Å². The normalized spacial score (nSPS) is 20.9. The van der Waals surface area contributed by atoms with E-state index in [0.717, 1.165) is 18.6 Å². The number of hydrogen-bond donors (Lipinski definition) is 1. The highest BCUT2D eigenvalue weighted by Crippen LogP contribution is 2.22. The Labute approximate surface area is 112 Å². The zero-order chi connectivity index (χ0) is 13.9. The van der Waals surface area contributed by atoms with Gasteiger partial charge in [-0.2, -0.15) is 0 Å². The molecule has 0 spiro atoms. The summed E-state index contributed by atoms with van der Waals surface area (Å²) >= 11 is -1.23. The molecule has 1 amide bonds. The smallest absolute Gasteiger partial charge is 0.407 e. The van der Waals surface area contributed by atoms with Gasteiger partial charge >= 0.3 is 6.09 Å². The number of carbonyl (C=O) groups is 1. The van der Waals surface area contributed by atoms with Gasteiger partial charge in [-0.15, -0.1) is 0 Å². The molecule has 18 heavy (non-hydrogen) atoms. The van der Waals surface area contributed by atoms with Crippen molar-refractivity contribution < 1.29 is 14.5 Å². The number of rotatable bonds is 2. The van der Waals surface area contributed by atoms with Crippen molar-refractivity contribution in [3.05, 3.63) is 0 Å². The van der Waals surface area contributed by atoms with E-state index >= 15 is 0 Å². The summed E-state index contributed by atoms with van der Waals surface area (Å²) in [7, 11) is 0. The Kier molecular flexibility index (Phi) is 5.04. The molecular weight excluding hydrogens is 252 g/mol. The van der Waals surface area contributed by atoms with Crippen LogP contribution in [-0.4, -0.2) is 44.2 Å². The van der Waals surface area contributed by atoms with Crippen LogP contribution in [0.5, 0.6) is 0 Å². The summed E-state index contributed by atoms with van der Waals surface area (Å²) in [4.78, 5) is 12.2. The van der Waals surface area contributed by atoms with E-state index in [1.807, 2.05) is 27.7 Å². The molecule has 0 saturated carbocycles. The van der Waals surface area contributed by atoms with E-state index in [4.69, 9.17) is 5.11 Å². The molecule has 104 valence electrons. The minimum Gasteiger partial charge on any atom is -0.591 e. The first-order valence-electron chi connectivity index (χ1n) is 6.17. The fourth-order valence-corrected chi connectivity index (χ4v) is 2.52. The third kappa shape index (κ3) is 4.17. The van der Waals surface area contributed by atoms with Crippen molar-refractivity contribution in [1.82, 2.24) is 4.90 Å². The van der Waals surface area contributed by atoms with E-state index in [2.05, 4.69) is 4.40 Å². The molecule has 1 aliphatic rings. The highest BCUT2D eigenvalue weighted by Gasteiger charge is 2.29. The molecule has 1 fully saturated rings. The second-order valence-electron chi connectivity index (χ2n) is 5.64. The standard InChI is InChI=1S/C12H22N2O3S/c1-9(13-18(17)12(2,3)4)10-5-7-14(8-6-10)11(15)16/h10H,5-8H2,1-4H3,(H,15,16)/t18-/m1/s1. The third-order valence-electron chi connectivity index (χ3n) is 3.11. The maximum absolute atomic E-state index is 11.9. The van der Waals surface area contributed by atoms with Gasteiger partial charge in [0.05, 0.1) is 5.71 Å². The molecule has 1 saturated heterocycles. The van der Waals surface area contributed by atoms with Crippen molar-refractivity contribution >= 4 is 23.2 Å². The fourth-order valence-electron chi connectivity index (χ4n) is 1.83. The lowest BCUT2D eigenvalue weighted by molar-refractivity contribution is 0.131. The van der Waals surface area contributed by atoms with Crippen LogP contribution >= 0.6 is 0 Å². The average molecular weight is 274 g/mol. The zero-order valence-electron chi connectivity index (χ0n) is 11.5. The minimum atomic E-state index is -1.23. The maximum Gasteiger partial charge on any atom is 0.407 e. The molecule has 0 aromatic rings. The van der Waals surface area contributed by atoms with Gasteiger partial charge in [0.2, 0.25) is 0 Å². The molecule has 1 atom stereocenters. The van der Waals surface area contributed by atoms with Gasteiger partial charge in [0.15, 0.2) is 0 Å². The summed E-state index contributed by atoms with van der Waals surface area (Å²) in [6, 6.07) is 0. The Morgan fingerprint density at radius 2 is 1.89 bits per heavy atom. The van der Waals surface area contributed by atoms with Gasteiger partial charge < -0.3 is 14.6 Å². The van der Waals surface area contributed by atoms with E-state index in [9.17, 15) is 9.35 Å². The molecule has 6 heteroatoms. The summed E-state index contributed by atoms with van der Waals surface area (Å²) in [6.45, 7) is 8.65. The molecule has 0 aromatic carbocycles. The van der Waals surface area contributed by atoms with Gasteiger partial charge in [0.25, 0.3) is 0 Å². The van der Waals surface area contributed by atoms with Gasteiger partial charge in [-0.1, -0.05) is 4.40 Å². The maximum atomic E-state index is 11.9. The molecule has 5 nitrogen and oxygen atoms in total. The Hall–Kier alpha value is -0.750. The lowest BCUT2D eigenvalue weighted by Gasteiger charge is -2.30. The van der Waals surface area contributed by atoms with E-state index in [0.29, 0.717) is 13.1 Å². The topological polar surface area (TPSA) is 76.0 Å². The minimum absolute atomic E-state index is 0.256. The summed E-state index contributed by atoms with van der Waals surface area (Å²) in [5, 5.41) is 8.86. The summed E-state index contributed by atoms with van der Waals surface area (Å²) < 4.78 is 15.8. The van der Waals surface area contributed by atoms with E-state index in [-0.39, 0.29) is 10.7 Å². The van der Waals surface area contributed by atoms with Crippen LogP contribution in [-0.2, 0) is 11.4 Å². The first-order chi connectivity index (χ1) is 8.21. The molecule has 1 heterocycles. The number of likely N-dealkylation sites (tertiary alicyclic amines) is 1. The molecule has 0 radical (unpaired) electrons. The SMILES string of the molecule is CC(=N[S@+]([O-])C(C)(C)C)C1CCN(C(=O)O)CC1. The molecule has 1 aliphatic heterocycles. The predicted octanol–water partition coefficient (Wildman–Crippen LogP) is 2.30. The lowest BCUT2D eigenvalue weighted by Crippen LogP contribution is -2.39. The highest BCUT2D eigenvalue weighted by molar-refractivity contribution is 7.91. The lowest BCUT2D eigenvalue weighted by atomic mass is 9.93. The molecule has 0 unspecified atom stereocenters. The summed E-state index contributed by atoms with van der Waals surface area (Å²) in [5.74, 6) is 0.256. The van der Waals surface area contributed by atoms with Crippen LogP contribution in [0.15, 0.2) is 4.40 Å². The van der Waals surface area contributed by atoms with Gasteiger partial charge in [-0.25, -0.2) is 4.79 Å². The largest absolute Gasteiger partial charge is 0.591 e. The van der Waals surface area contributed by atoms with Gasteiger partial charge in [-0.3, -0.25) is 0 Å². The quantitative estimate of drug-likeness (QED) is 0.620. The van der Waals surface area contributed by atoms with Crippen molar-refractivity contribution in [2.45, 2.75) is 45.3 Å². The van der Waals surface area contributed by atoms with Crippen molar-refractivity contribution in [1.29, 1.82) is 0 Å². The molecule has 1 N–H and O–H groups in total. The molecule has 1 rings (SSSR count). The Morgan fingerprint density at radius 1 is 1.39 bits per heavy atom.